The predicted octanol–water partition coefficient (Wildman–Crippen LogP) is 2.15. The van der Waals surface area contributed by atoms with Gasteiger partial charge in [0.2, 0.25) is 0 Å². The van der Waals surface area contributed by atoms with E-state index in [4.69, 9.17) is 0 Å². The third-order valence-corrected chi connectivity index (χ3v) is 4.61. The molecule has 0 saturated carbocycles. The molecule has 0 bridgehead atoms. The number of nitrogens with zero attached hydrogens (tertiary/aromatic N) is 2. The first-order valence-electron chi connectivity index (χ1n) is 7.80. The van der Waals surface area contributed by atoms with Crippen molar-refractivity contribution in [2.45, 2.75) is 25.8 Å². The molecule has 2 aromatic rings. The fraction of sp³-hybridized carbons (Fsp3) is 0.412. The third-order valence-electron chi connectivity index (χ3n) is 3.57. The lowest BCUT2D eigenvalue weighted by molar-refractivity contribution is 0.265. The van der Waals surface area contributed by atoms with Crippen LogP contribution in [0.4, 0.5) is 0 Å². The first-order valence-corrected chi connectivity index (χ1v) is 8.68. The van der Waals surface area contributed by atoms with Gasteiger partial charge in [0.15, 0.2) is 5.96 Å². The van der Waals surface area contributed by atoms with Crippen LogP contribution in [0.5, 0.6) is 0 Å². The van der Waals surface area contributed by atoms with Crippen LogP contribution in [0.15, 0.2) is 40.7 Å². The molecule has 0 fully saturated rings. The van der Waals surface area contributed by atoms with Crippen LogP contribution < -0.4 is 10.6 Å². The molecule has 0 aliphatic rings. The Hall–Kier alpha value is -1.92. The molecule has 1 atom stereocenters. The zero-order valence-corrected chi connectivity index (χ0v) is 14.4. The highest BCUT2D eigenvalue weighted by Gasteiger charge is 2.11. The molecule has 0 spiro atoms. The maximum absolute atomic E-state index is 9.59. The number of nitrogens with one attached hydrogen (secondary N) is 2. The number of hydrogen-bond donors (Lipinski definition) is 3. The largest absolute Gasteiger partial charge is 0.396 e. The smallest absolute Gasteiger partial charge is 0.191 e. The number of aliphatic hydroxyl groups is 1. The summed E-state index contributed by atoms with van der Waals surface area (Å²) in [5.74, 6) is 0.756. The summed E-state index contributed by atoms with van der Waals surface area (Å²) in [6, 6.07) is 10.0. The summed E-state index contributed by atoms with van der Waals surface area (Å²) in [6.07, 6.45) is 0.965. The van der Waals surface area contributed by atoms with Crippen molar-refractivity contribution in [3.63, 3.8) is 0 Å². The van der Waals surface area contributed by atoms with Gasteiger partial charge in [-0.15, -0.1) is 11.3 Å². The summed E-state index contributed by atoms with van der Waals surface area (Å²) in [6.45, 7) is 3.47. The van der Waals surface area contributed by atoms with Gasteiger partial charge in [0.25, 0.3) is 0 Å². The molecular weight excluding hydrogens is 308 g/mol. The van der Waals surface area contributed by atoms with E-state index in [1.165, 1.54) is 0 Å². The van der Waals surface area contributed by atoms with E-state index in [-0.39, 0.29) is 12.5 Å². The van der Waals surface area contributed by atoms with Gasteiger partial charge < -0.3 is 15.7 Å². The number of guanidine groups is 1. The van der Waals surface area contributed by atoms with E-state index in [1.54, 1.807) is 18.4 Å². The molecule has 2 rings (SSSR count). The number of rotatable bonds is 7. The standard InChI is InChI=1S/C17H24N4OS/c1-3-16-21-15(12-23-16)10-20-17(18-2)19-9-14(11-22)13-7-5-4-6-8-13/h4-8,12,14,22H,3,9-11H2,1-2H3,(H2,18,19,20). The lowest BCUT2D eigenvalue weighted by atomic mass is 10.0. The number of hydrogen-bond acceptors (Lipinski definition) is 4. The molecule has 0 saturated heterocycles. The quantitative estimate of drug-likeness (QED) is 0.537. The summed E-state index contributed by atoms with van der Waals surface area (Å²) in [7, 11) is 1.74. The molecule has 5 nitrogen and oxygen atoms in total. The SMILES string of the molecule is CCc1nc(CNC(=NC)NCC(CO)c2ccccc2)cs1. The molecule has 0 aliphatic carbocycles. The lowest BCUT2D eigenvalue weighted by Gasteiger charge is -2.17. The molecule has 23 heavy (non-hydrogen) atoms. The Bertz CT molecular complexity index is 612. The molecule has 0 amide bonds. The third kappa shape index (κ3) is 5.33. The van der Waals surface area contributed by atoms with Gasteiger partial charge >= 0.3 is 0 Å². The first-order chi connectivity index (χ1) is 11.3. The van der Waals surface area contributed by atoms with Gasteiger partial charge in [0.1, 0.15) is 0 Å². The molecule has 6 heteroatoms. The van der Waals surface area contributed by atoms with Gasteiger partial charge in [0, 0.05) is 24.9 Å². The predicted molar refractivity (Wildman–Crippen MR) is 96.0 cm³/mol. The second kappa shape index (κ2) is 9.27. The fourth-order valence-corrected chi connectivity index (χ4v) is 2.97. The number of aliphatic hydroxyl groups excluding tert-OH is 1. The highest BCUT2D eigenvalue weighted by Crippen LogP contribution is 2.13. The van der Waals surface area contributed by atoms with E-state index in [1.807, 2.05) is 30.3 Å². The monoisotopic (exact) mass is 332 g/mol. The molecular formula is C17H24N4OS. The molecule has 0 radical (unpaired) electrons. The molecule has 1 aromatic carbocycles. The van der Waals surface area contributed by atoms with Gasteiger partial charge in [-0.25, -0.2) is 4.98 Å². The van der Waals surface area contributed by atoms with Crippen LogP contribution in [0.2, 0.25) is 0 Å². The zero-order valence-electron chi connectivity index (χ0n) is 13.6. The summed E-state index contributed by atoms with van der Waals surface area (Å²) < 4.78 is 0. The summed E-state index contributed by atoms with van der Waals surface area (Å²) in [5, 5.41) is 19.3. The average molecular weight is 332 g/mol. The minimum absolute atomic E-state index is 0.0423. The average Bonchev–Trinajstić information content (AvgIpc) is 3.07. The molecule has 1 heterocycles. The van der Waals surface area contributed by atoms with E-state index in [9.17, 15) is 5.11 Å². The van der Waals surface area contributed by atoms with Gasteiger partial charge in [-0.3, -0.25) is 4.99 Å². The second-order valence-electron chi connectivity index (χ2n) is 5.18. The molecule has 0 aliphatic heterocycles. The summed E-state index contributed by atoms with van der Waals surface area (Å²) >= 11 is 1.68. The van der Waals surface area contributed by atoms with E-state index < -0.39 is 0 Å². The van der Waals surface area contributed by atoms with Gasteiger partial charge in [-0.2, -0.15) is 0 Å². The summed E-state index contributed by atoms with van der Waals surface area (Å²) in [5.41, 5.74) is 2.14. The Morgan fingerprint density at radius 1 is 1.30 bits per heavy atom. The Balaban J connectivity index is 1.84. The number of aromatic nitrogens is 1. The van der Waals surface area contributed by atoms with Crippen molar-refractivity contribution < 1.29 is 5.11 Å². The highest BCUT2D eigenvalue weighted by molar-refractivity contribution is 7.09. The minimum atomic E-state index is 0.0423. The number of aliphatic imine (C=N–C) groups is 1. The summed E-state index contributed by atoms with van der Waals surface area (Å²) in [4.78, 5) is 8.75. The lowest BCUT2D eigenvalue weighted by Crippen LogP contribution is -2.39. The Morgan fingerprint density at radius 2 is 2.09 bits per heavy atom. The van der Waals surface area contributed by atoms with Crippen LogP contribution in [-0.2, 0) is 13.0 Å². The van der Waals surface area contributed by atoms with E-state index in [0.29, 0.717) is 19.0 Å². The van der Waals surface area contributed by atoms with Crippen molar-refractivity contribution >= 4 is 17.3 Å². The Labute approximate surface area is 141 Å². The van der Waals surface area contributed by atoms with Crippen LogP contribution >= 0.6 is 11.3 Å². The van der Waals surface area contributed by atoms with Crippen LogP contribution in [0.25, 0.3) is 0 Å². The van der Waals surface area contributed by atoms with Crippen molar-refractivity contribution in [1.29, 1.82) is 0 Å². The molecule has 1 unspecified atom stereocenters. The van der Waals surface area contributed by atoms with E-state index in [0.717, 1.165) is 22.7 Å². The topological polar surface area (TPSA) is 69.5 Å². The fourth-order valence-electron chi connectivity index (χ4n) is 2.22. The van der Waals surface area contributed by atoms with Crippen LogP contribution in [0.1, 0.15) is 29.1 Å². The van der Waals surface area contributed by atoms with Gasteiger partial charge in [-0.1, -0.05) is 37.3 Å². The highest BCUT2D eigenvalue weighted by atomic mass is 32.1. The van der Waals surface area contributed by atoms with Gasteiger partial charge in [0.05, 0.1) is 23.9 Å². The Morgan fingerprint density at radius 3 is 2.70 bits per heavy atom. The number of aryl methyl sites for hydroxylation is 1. The molecule has 3 N–H and O–H groups in total. The van der Waals surface area contributed by atoms with Gasteiger partial charge in [-0.05, 0) is 12.0 Å². The Kier molecular flexibility index (Phi) is 7.03. The van der Waals surface area contributed by atoms with E-state index in [2.05, 4.69) is 32.9 Å². The van der Waals surface area contributed by atoms with Crippen molar-refractivity contribution in [3.8, 4) is 0 Å². The van der Waals surface area contributed by atoms with Crippen molar-refractivity contribution in [2.75, 3.05) is 20.2 Å². The van der Waals surface area contributed by atoms with Crippen molar-refractivity contribution in [2.24, 2.45) is 4.99 Å². The minimum Gasteiger partial charge on any atom is -0.396 e. The van der Waals surface area contributed by atoms with Crippen molar-refractivity contribution in [1.82, 2.24) is 15.6 Å². The van der Waals surface area contributed by atoms with Crippen molar-refractivity contribution in [3.05, 3.63) is 52.0 Å². The normalized spacial score (nSPS) is 12.9. The van der Waals surface area contributed by atoms with Crippen LogP contribution in [-0.4, -0.2) is 36.2 Å². The zero-order chi connectivity index (χ0) is 16.5. The first kappa shape index (κ1) is 17.4. The second-order valence-corrected chi connectivity index (χ2v) is 6.13. The maximum atomic E-state index is 9.59. The molecule has 124 valence electrons. The number of benzene rings is 1. The van der Waals surface area contributed by atoms with Crippen LogP contribution in [0.3, 0.4) is 0 Å². The van der Waals surface area contributed by atoms with Crippen LogP contribution in [0, 0.1) is 0 Å². The molecule has 1 aromatic heterocycles. The van der Waals surface area contributed by atoms with E-state index >= 15 is 0 Å². The maximum Gasteiger partial charge on any atom is 0.191 e. The number of thiazole rings is 1.